The number of aromatic nitrogens is 3. The Morgan fingerprint density at radius 2 is 2.08 bits per heavy atom. The van der Waals surface area contributed by atoms with Crippen LogP contribution in [0.3, 0.4) is 0 Å². The van der Waals surface area contributed by atoms with Crippen LogP contribution in [0, 0.1) is 12.3 Å². The minimum Gasteiger partial charge on any atom is -0.272 e. The quantitative estimate of drug-likeness (QED) is 0.584. The zero-order chi connectivity index (χ0) is 9.35. The van der Waals surface area contributed by atoms with Gasteiger partial charge >= 0.3 is 0 Å². The van der Waals surface area contributed by atoms with Gasteiger partial charge < -0.3 is 0 Å². The molecule has 1 aromatic rings. The molecule has 1 aromatic heterocycles. The average Bonchev–Trinajstić information content (AvgIpc) is 2.32. The number of hydrogen-bond acceptors (Lipinski definition) is 3. The lowest BCUT2D eigenvalue weighted by molar-refractivity contribution is 0.0748. The summed E-state index contributed by atoms with van der Waals surface area (Å²) in [6.07, 6.45) is 1.45. The molecule has 4 nitrogen and oxygen atoms in total. The highest BCUT2D eigenvalue weighted by atomic mass is 16.2. The van der Waals surface area contributed by atoms with Crippen molar-refractivity contribution in [1.29, 1.82) is 0 Å². The Bertz CT molecular complexity index is 295. The third-order valence-electron chi connectivity index (χ3n) is 1.46. The first-order valence-corrected chi connectivity index (χ1v) is 3.84. The fourth-order valence-electron chi connectivity index (χ4n) is 0.787. The molecule has 12 heavy (non-hydrogen) atoms. The number of nitrogens with zero attached hydrogens (tertiary/aromatic N) is 3. The zero-order valence-electron chi connectivity index (χ0n) is 7.83. The Kier molecular flexibility index (Phi) is 2.00. The van der Waals surface area contributed by atoms with Crippen LogP contribution >= 0.6 is 0 Å². The second-order valence-corrected chi connectivity index (χ2v) is 3.79. The maximum absolute atomic E-state index is 11.5. The maximum Gasteiger partial charge on any atom is 0.253 e. The van der Waals surface area contributed by atoms with Crippen LogP contribution in [0.2, 0.25) is 0 Å². The first-order valence-electron chi connectivity index (χ1n) is 3.84. The number of aryl methyl sites for hydroxylation is 1. The van der Waals surface area contributed by atoms with Gasteiger partial charge in [0.2, 0.25) is 0 Å². The summed E-state index contributed by atoms with van der Waals surface area (Å²) in [5.74, 6) is 0.579. The number of carbonyl (C=O) groups excluding carboxylic acids is 1. The van der Waals surface area contributed by atoms with Crippen LogP contribution in [-0.4, -0.2) is 20.7 Å². The van der Waals surface area contributed by atoms with Crippen molar-refractivity contribution in [2.45, 2.75) is 27.7 Å². The van der Waals surface area contributed by atoms with Gasteiger partial charge in [-0.05, 0) is 6.92 Å². The van der Waals surface area contributed by atoms with Gasteiger partial charge in [-0.2, -0.15) is 4.68 Å². The number of rotatable bonds is 0. The van der Waals surface area contributed by atoms with Crippen LogP contribution in [0.15, 0.2) is 6.33 Å². The number of hydrogen-bond donors (Lipinski definition) is 0. The molecule has 0 amide bonds. The highest BCUT2D eigenvalue weighted by Crippen LogP contribution is 2.15. The predicted molar refractivity (Wildman–Crippen MR) is 44.8 cm³/mol. The molecule has 0 saturated heterocycles. The van der Waals surface area contributed by atoms with Crippen LogP contribution < -0.4 is 0 Å². The lowest BCUT2D eigenvalue weighted by atomic mass is 9.96. The summed E-state index contributed by atoms with van der Waals surface area (Å²) in [4.78, 5) is 15.4. The van der Waals surface area contributed by atoms with Crippen molar-refractivity contribution in [3.63, 3.8) is 0 Å². The molecule has 0 aliphatic heterocycles. The van der Waals surface area contributed by atoms with Gasteiger partial charge in [0.05, 0.1) is 0 Å². The van der Waals surface area contributed by atoms with E-state index < -0.39 is 5.41 Å². The van der Waals surface area contributed by atoms with Gasteiger partial charge in [-0.3, -0.25) is 4.79 Å². The third-order valence-corrected chi connectivity index (χ3v) is 1.46. The Labute approximate surface area is 71.6 Å². The van der Waals surface area contributed by atoms with Gasteiger partial charge in [0.25, 0.3) is 5.91 Å². The van der Waals surface area contributed by atoms with Crippen molar-refractivity contribution in [1.82, 2.24) is 14.8 Å². The van der Waals surface area contributed by atoms with E-state index >= 15 is 0 Å². The van der Waals surface area contributed by atoms with Crippen molar-refractivity contribution in [2.24, 2.45) is 5.41 Å². The molecule has 0 unspecified atom stereocenters. The third kappa shape index (κ3) is 1.69. The highest BCUT2D eigenvalue weighted by Gasteiger charge is 2.23. The van der Waals surface area contributed by atoms with Crippen molar-refractivity contribution >= 4 is 5.91 Å². The fraction of sp³-hybridized carbons (Fsp3) is 0.625. The monoisotopic (exact) mass is 167 g/mol. The summed E-state index contributed by atoms with van der Waals surface area (Å²) in [7, 11) is 0. The minimum absolute atomic E-state index is 0.0388. The lowest BCUT2D eigenvalue weighted by Crippen LogP contribution is -2.27. The molecular formula is C8H13N3O. The Balaban J connectivity index is 2.93. The summed E-state index contributed by atoms with van der Waals surface area (Å²) in [5, 5.41) is 3.93. The Morgan fingerprint density at radius 1 is 1.50 bits per heavy atom. The second kappa shape index (κ2) is 2.69. The van der Waals surface area contributed by atoms with Gasteiger partial charge in [-0.1, -0.05) is 20.8 Å². The largest absolute Gasteiger partial charge is 0.272 e. The molecule has 0 N–H and O–H groups in total. The molecule has 0 atom stereocenters. The lowest BCUT2D eigenvalue weighted by Gasteiger charge is -2.14. The van der Waals surface area contributed by atoms with Gasteiger partial charge in [0.1, 0.15) is 12.2 Å². The van der Waals surface area contributed by atoms with E-state index in [1.54, 1.807) is 6.92 Å². The molecular weight excluding hydrogens is 154 g/mol. The highest BCUT2D eigenvalue weighted by molar-refractivity contribution is 5.82. The van der Waals surface area contributed by atoms with Crippen LogP contribution in [0.5, 0.6) is 0 Å². The summed E-state index contributed by atoms with van der Waals surface area (Å²) in [5.41, 5.74) is -0.403. The van der Waals surface area contributed by atoms with Gasteiger partial charge in [-0.25, -0.2) is 4.98 Å². The molecule has 4 heteroatoms. The van der Waals surface area contributed by atoms with Crippen molar-refractivity contribution in [3.8, 4) is 0 Å². The molecule has 0 aliphatic carbocycles. The van der Waals surface area contributed by atoms with Gasteiger partial charge in [-0.15, -0.1) is 5.10 Å². The molecule has 1 rings (SSSR count). The summed E-state index contributed by atoms with van der Waals surface area (Å²) >= 11 is 0. The van der Waals surface area contributed by atoms with E-state index in [0.29, 0.717) is 5.82 Å². The molecule has 0 aromatic carbocycles. The summed E-state index contributed by atoms with van der Waals surface area (Å²) < 4.78 is 1.29. The van der Waals surface area contributed by atoms with Crippen LogP contribution in [0.4, 0.5) is 0 Å². The first kappa shape index (κ1) is 8.90. The fourth-order valence-corrected chi connectivity index (χ4v) is 0.787. The SMILES string of the molecule is Cc1ncn(C(=O)C(C)(C)C)n1. The van der Waals surface area contributed by atoms with E-state index in [0.717, 1.165) is 0 Å². The Morgan fingerprint density at radius 3 is 2.42 bits per heavy atom. The molecule has 0 radical (unpaired) electrons. The predicted octanol–water partition coefficient (Wildman–Crippen LogP) is 1.27. The standard InChI is InChI=1S/C8H13N3O/c1-6-9-5-11(10-6)7(12)8(2,3)4/h5H,1-4H3. The van der Waals surface area contributed by atoms with Crippen molar-refractivity contribution in [3.05, 3.63) is 12.2 Å². The summed E-state index contributed by atoms with van der Waals surface area (Å²) in [6.45, 7) is 7.32. The molecule has 66 valence electrons. The topological polar surface area (TPSA) is 47.8 Å². The molecule has 0 bridgehead atoms. The van der Waals surface area contributed by atoms with Crippen molar-refractivity contribution in [2.75, 3.05) is 0 Å². The van der Waals surface area contributed by atoms with Gasteiger partial charge in [0.15, 0.2) is 0 Å². The zero-order valence-corrected chi connectivity index (χ0v) is 7.83. The van der Waals surface area contributed by atoms with E-state index in [4.69, 9.17) is 0 Å². The van der Waals surface area contributed by atoms with E-state index in [1.807, 2.05) is 20.8 Å². The molecule has 0 fully saturated rings. The molecule has 0 saturated carbocycles. The molecule has 0 spiro atoms. The smallest absolute Gasteiger partial charge is 0.253 e. The van der Waals surface area contributed by atoms with E-state index in [-0.39, 0.29) is 5.91 Å². The minimum atomic E-state index is -0.403. The molecule has 1 heterocycles. The normalized spacial score (nSPS) is 11.7. The Hall–Kier alpha value is -1.19. The maximum atomic E-state index is 11.5. The van der Waals surface area contributed by atoms with Gasteiger partial charge in [0, 0.05) is 5.41 Å². The van der Waals surface area contributed by atoms with Crippen molar-refractivity contribution < 1.29 is 4.79 Å². The summed E-state index contributed by atoms with van der Waals surface area (Å²) in [6, 6.07) is 0. The van der Waals surface area contributed by atoms with E-state index in [1.165, 1.54) is 11.0 Å². The van der Waals surface area contributed by atoms with Crippen LogP contribution in [0.1, 0.15) is 31.4 Å². The van der Waals surface area contributed by atoms with E-state index in [2.05, 4.69) is 10.1 Å². The molecule has 0 aliphatic rings. The first-order chi connectivity index (χ1) is 5.41. The number of carbonyl (C=O) groups is 1. The van der Waals surface area contributed by atoms with E-state index in [9.17, 15) is 4.79 Å². The van der Waals surface area contributed by atoms with Crippen LogP contribution in [-0.2, 0) is 0 Å². The average molecular weight is 167 g/mol. The van der Waals surface area contributed by atoms with Crippen LogP contribution in [0.25, 0.3) is 0 Å². The second-order valence-electron chi connectivity index (χ2n) is 3.79.